The minimum Gasteiger partial charge on any atom is -0.375 e. The van der Waals surface area contributed by atoms with Crippen LogP contribution in [0, 0.1) is 24.4 Å². The topological polar surface area (TPSA) is 156 Å². The van der Waals surface area contributed by atoms with E-state index in [0.717, 1.165) is 25.0 Å². The lowest BCUT2D eigenvalue weighted by atomic mass is 10.1. The molecule has 3 atom stereocenters. The van der Waals surface area contributed by atoms with E-state index in [-0.39, 0.29) is 60.7 Å². The Labute approximate surface area is 342 Å². The second-order valence-electron chi connectivity index (χ2n) is 15.9. The summed E-state index contributed by atoms with van der Waals surface area (Å²) < 4.78 is 54.2. The van der Waals surface area contributed by atoms with Gasteiger partial charge in [0, 0.05) is 75.8 Å². The van der Waals surface area contributed by atoms with Crippen LogP contribution in [0.3, 0.4) is 0 Å². The van der Waals surface area contributed by atoms with Crippen LogP contribution in [0.1, 0.15) is 32.0 Å². The molecule has 2 amide bonds. The average molecular weight is 822 g/mol. The van der Waals surface area contributed by atoms with E-state index in [0.29, 0.717) is 72.0 Å². The van der Waals surface area contributed by atoms with E-state index in [1.54, 1.807) is 29.1 Å². The number of rotatable bonds is 6. The SMILES string of the molecule is CCO[C@H]1CN(C)C(=O)[C@@H]2C[C@@H](CN2c2nc(N3CCN(C4CC4)C(=O)C3)nc3c2cnn3-c2ccc(F)cc2F)Nc2nccc(n2)-c2cc(F)cc3nc(C)n(c23)C1. The van der Waals surface area contributed by atoms with Crippen molar-refractivity contribution in [2.24, 2.45) is 0 Å². The third kappa shape index (κ3) is 6.69. The predicted molar refractivity (Wildman–Crippen MR) is 215 cm³/mol. The minimum absolute atomic E-state index is 0.0303. The number of aryl methyl sites for hydroxylation is 1. The Morgan fingerprint density at radius 2 is 1.78 bits per heavy atom. The number of halogens is 3. The number of anilines is 3. The summed E-state index contributed by atoms with van der Waals surface area (Å²) in [5.41, 5.74) is 2.39. The van der Waals surface area contributed by atoms with Gasteiger partial charge in [0.05, 0.1) is 41.0 Å². The fourth-order valence-corrected chi connectivity index (χ4v) is 8.89. The number of nitrogens with zero attached hydrogens (tertiary/aromatic N) is 12. The summed E-state index contributed by atoms with van der Waals surface area (Å²) in [6.07, 6.45) is 4.91. The Morgan fingerprint density at radius 3 is 2.57 bits per heavy atom. The zero-order chi connectivity index (χ0) is 41.4. The van der Waals surface area contributed by atoms with E-state index in [2.05, 4.69) is 20.4 Å². The number of aromatic nitrogens is 8. The van der Waals surface area contributed by atoms with Crippen LogP contribution in [0.5, 0.6) is 0 Å². The second kappa shape index (κ2) is 14.7. The summed E-state index contributed by atoms with van der Waals surface area (Å²) in [6.45, 7) is 5.91. The molecule has 0 spiro atoms. The molecule has 4 aliphatic rings. The number of benzene rings is 2. The van der Waals surface area contributed by atoms with Crippen LogP contribution in [-0.4, -0.2) is 131 Å². The molecule has 0 radical (unpaired) electrons. The Kier molecular flexibility index (Phi) is 9.29. The standard InChI is InChI=1S/C41H42F3N13O3/c1-4-60-27-19-52(3)39(59)34-16-25(48-40-45-10-9-31(49-40)28-13-24(43)15-32-36(28)55(20-27)22(2)47-32)18-56(34)37-29-17-46-57(33-8-5-23(42)14-30(33)44)38(29)51-41(50-37)53-11-12-54(26-6-7-26)35(58)21-53/h5,8-10,13-15,17,25-27,34H,4,6-7,11-12,16,18-21H2,1-3H3,(H,45,48,49)/t25-,27-,34-/m0/s1. The number of fused-ring (bicyclic) bond motifs is 6. The molecule has 16 nitrogen and oxygen atoms in total. The number of hydrogen-bond acceptors (Lipinski definition) is 12. The van der Waals surface area contributed by atoms with E-state index in [1.165, 1.54) is 29.1 Å². The fourth-order valence-electron chi connectivity index (χ4n) is 8.89. The molecule has 7 heterocycles. The van der Waals surface area contributed by atoms with Crippen LogP contribution in [0.25, 0.3) is 39.0 Å². The van der Waals surface area contributed by atoms with Crippen LogP contribution in [0.15, 0.2) is 48.8 Å². The van der Waals surface area contributed by atoms with Crippen molar-refractivity contribution in [1.29, 1.82) is 0 Å². The summed E-state index contributed by atoms with van der Waals surface area (Å²) in [7, 11) is 1.73. The monoisotopic (exact) mass is 821 g/mol. The zero-order valence-electron chi connectivity index (χ0n) is 33.2. The summed E-state index contributed by atoms with van der Waals surface area (Å²) in [5.74, 6) is -0.784. The number of hydrogen-bond donors (Lipinski definition) is 1. The van der Waals surface area contributed by atoms with Crippen molar-refractivity contribution in [1.82, 2.24) is 49.1 Å². The molecular formula is C41H42F3N13O3. The van der Waals surface area contributed by atoms with Crippen molar-refractivity contribution in [3.05, 3.63) is 72.1 Å². The number of imidazole rings is 1. The van der Waals surface area contributed by atoms with Gasteiger partial charge in [-0.15, -0.1) is 0 Å². The highest BCUT2D eigenvalue weighted by Gasteiger charge is 2.42. The number of amides is 2. The normalized spacial score (nSPS) is 21.2. The molecular weight excluding hydrogens is 780 g/mol. The van der Waals surface area contributed by atoms with Gasteiger partial charge in [-0.05, 0) is 57.4 Å². The molecule has 10 rings (SSSR count). The van der Waals surface area contributed by atoms with Crippen molar-refractivity contribution in [2.75, 3.05) is 61.5 Å². The number of likely N-dealkylation sites (N-methyl/N-ethyl adjacent to an activating group) is 1. The molecule has 2 saturated heterocycles. The van der Waals surface area contributed by atoms with Crippen LogP contribution < -0.4 is 15.1 Å². The minimum atomic E-state index is -0.841. The zero-order valence-corrected chi connectivity index (χ0v) is 33.2. The average Bonchev–Trinajstić information content (AvgIpc) is 3.72. The third-order valence-corrected chi connectivity index (χ3v) is 11.8. The van der Waals surface area contributed by atoms with Crippen molar-refractivity contribution in [3.8, 4) is 16.9 Å². The van der Waals surface area contributed by atoms with Crippen molar-refractivity contribution >= 4 is 51.6 Å². The van der Waals surface area contributed by atoms with Gasteiger partial charge < -0.3 is 34.2 Å². The van der Waals surface area contributed by atoms with E-state index < -0.39 is 35.6 Å². The number of carbonyl (C=O) groups excluding carboxylic acids is 2. The molecule has 6 aromatic rings. The molecule has 4 aromatic heterocycles. The quantitative estimate of drug-likeness (QED) is 0.257. The number of nitrogens with one attached hydrogen (secondary N) is 1. The highest BCUT2D eigenvalue weighted by molar-refractivity contribution is 5.95. The van der Waals surface area contributed by atoms with Crippen molar-refractivity contribution < 1.29 is 27.5 Å². The van der Waals surface area contributed by atoms with E-state index in [1.807, 2.05) is 28.2 Å². The molecule has 19 heteroatoms. The molecule has 310 valence electrons. The molecule has 4 bridgehead atoms. The van der Waals surface area contributed by atoms with Gasteiger partial charge in [-0.3, -0.25) is 9.59 Å². The molecule has 60 heavy (non-hydrogen) atoms. The Bertz CT molecular complexity index is 2680. The summed E-state index contributed by atoms with van der Waals surface area (Å²) >= 11 is 0. The van der Waals surface area contributed by atoms with Crippen LogP contribution in [0.4, 0.5) is 30.9 Å². The van der Waals surface area contributed by atoms with Crippen LogP contribution in [-0.2, 0) is 20.9 Å². The highest BCUT2D eigenvalue weighted by atomic mass is 19.1. The van der Waals surface area contributed by atoms with Gasteiger partial charge >= 0.3 is 0 Å². The van der Waals surface area contributed by atoms with Crippen molar-refractivity contribution in [3.63, 3.8) is 0 Å². The van der Waals surface area contributed by atoms with Crippen LogP contribution in [0.2, 0.25) is 0 Å². The van der Waals surface area contributed by atoms with Crippen LogP contribution >= 0.6 is 0 Å². The van der Waals surface area contributed by atoms with Gasteiger partial charge in [-0.1, -0.05) is 0 Å². The lowest BCUT2D eigenvalue weighted by Crippen LogP contribution is -2.52. The van der Waals surface area contributed by atoms with Gasteiger partial charge in [-0.2, -0.15) is 15.1 Å². The van der Waals surface area contributed by atoms with E-state index >= 15 is 8.78 Å². The summed E-state index contributed by atoms with van der Waals surface area (Å²) in [6, 6.07) is 6.86. The first-order chi connectivity index (χ1) is 29.0. The number of piperazine rings is 1. The summed E-state index contributed by atoms with van der Waals surface area (Å²) in [4.78, 5) is 59.5. The molecule has 1 aliphatic carbocycles. The molecule has 3 fully saturated rings. The molecule has 3 aliphatic heterocycles. The number of ether oxygens (including phenoxy) is 1. The van der Waals surface area contributed by atoms with E-state index in [9.17, 15) is 14.0 Å². The molecule has 1 saturated carbocycles. The third-order valence-electron chi connectivity index (χ3n) is 11.8. The molecule has 2 aromatic carbocycles. The first kappa shape index (κ1) is 37.9. The predicted octanol–water partition coefficient (Wildman–Crippen LogP) is 4.10. The Balaban J connectivity index is 1.09. The summed E-state index contributed by atoms with van der Waals surface area (Å²) in [5, 5.41) is 8.37. The first-order valence-corrected chi connectivity index (χ1v) is 20.2. The maximum atomic E-state index is 15.4. The smallest absolute Gasteiger partial charge is 0.245 e. The van der Waals surface area contributed by atoms with Gasteiger partial charge in [0.2, 0.25) is 23.7 Å². The highest BCUT2D eigenvalue weighted by Crippen LogP contribution is 2.37. The van der Waals surface area contributed by atoms with Crippen molar-refractivity contribution in [2.45, 2.75) is 63.9 Å². The van der Waals surface area contributed by atoms with Gasteiger partial charge in [0.1, 0.15) is 41.6 Å². The fraction of sp³-hybridized carbons (Fsp3) is 0.415. The van der Waals surface area contributed by atoms with Gasteiger partial charge in [0.25, 0.3) is 0 Å². The first-order valence-electron chi connectivity index (χ1n) is 20.2. The Morgan fingerprint density at radius 1 is 0.933 bits per heavy atom. The number of carbonyl (C=O) groups is 2. The largest absolute Gasteiger partial charge is 0.375 e. The van der Waals surface area contributed by atoms with E-state index in [4.69, 9.17) is 19.7 Å². The lowest BCUT2D eigenvalue weighted by molar-refractivity contribution is -0.133. The van der Waals surface area contributed by atoms with Gasteiger partial charge in [0.15, 0.2) is 11.5 Å². The molecule has 0 unspecified atom stereocenters. The second-order valence-corrected chi connectivity index (χ2v) is 15.9. The van der Waals surface area contributed by atoms with Gasteiger partial charge in [-0.25, -0.2) is 32.8 Å². The molecule has 1 N–H and O–H groups in total. The maximum absolute atomic E-state index is 15.4. The maximum Gasteiger partial charge on any atom is 0.245 e. The Hall–Kier alpha value is -6.37. The lowest BCUT2D eigenvalue weighted by Gasteiger charge is -2.35.